The topological polar surface area (TPSA) is 66.0 Å². The lowest BCUT2D eigenvalue weighted by Gasteiger charge is -2.24. The zero-order valence-electron chi connectivity index (χ0n) is 12.8. The van der Waals surface area contributed by atoms with Crippen LogP contribution >= 0.6 is 0 Å². The van der Waals surface area contributed by atoms with E-state index < -0.39 is 8.80 Å². The summed E-state index contributed by atoms with van der Waals surface area (Å²) in [4.78, 5) is 10.8. The molecule has 0 heterocycles. The first kappa shape index (κ1) is 19.3. The van der Waals surface area contributed by atoms with Gasteiger partial charge in [-0.2, -0.15) is 0 Å². The van der Waals surface area contributed by atoms with Gasteiger partial charge in [0.15, 0.2) is 0 Å². The molecule has 0 aromatic heterocycles. The van der Waals surface area contributed by atoms with E-state index in [1.54, 1.807) is 21.3 Å². The molecule has 0 spiro atoms. The van der Waals surface area contributed by atoms with E-state index in [4.69, 9.17) is 18.0 Å². The Hall–Kier alpha value is -0.733. The van der Waals surface area contributed by atoms with Crippen LogP contribution < -0.4 is 5.32 Å². The molecule has 20 heavy (non-hydrogen) atoms. The molecule has 0 saturated carbocycles. The fraction of sp³-hybridized carbons (Fsp3) is 0.769. The molecule has 0 aliphatic carbocycles. The summed E-state index contributed by atoms with van der Waals surface area (Å²) < 4.78 is 20.9. The molecular formula is C13H27NO5Si. The molecule has 118 valence electrons. The fourth-order valence-electron chi connectivity index (χ4n) is 1.69. The van der Waals surface area contributed by atoms with Crippen molar-refractivity contribution in [2.75, 3.05) is 41.0 Å². The summed E-state index contributed by atoms with van der Waals surface area (Å²) in [6.45, 7) is 5.56. The van der Waals surface area contributed by atoms with Crippen molar-refractivity contribution < 1.29 is 22.8 Å². The quantitative estimate of drug-likeness (QED) is 0.240. The maximum Gasteiger partial charge on any atom is 0.500 e. The Morgan fingerprint density at radius 3 is 2.25 bits per heavy atom. The Kier molecular flexibility index (Phi) is 11.6. The van der Waals surface area contributed by atoms with E-state index in [0.29, 0.717) is 6.61 Å². The van der Waals surface area contributed by atoms with Gasteiger partial charge in [-0.25, -0.2) is 4.79 Å². The maximum atomic E-state index is 10.8. The first-order valence-corrected chi connectivity index (χ1v) is 8.72. The monoisotopic (exact) mass is 305 g/mol. The third-order valence-electron chi connectivity index (χ3n) is 2.93. The lowest BCUT2D eigenvalue weighted by molar-refractivity contribution is -0.137. The summed E-state index contributed by atoms with van der Waals surface area (Å²) >= 11 is 0. The van der Waals surface area contributed by atoms with Crippen molar-refractivity contribution in [3.8, 4) is 0 Å². The number of carbonyl (C=O) groups is 1. The number of nitrogens with one attached hydrogen (secondary N) is 1. The largest absolute Gasteiger partial charge is 0.500 e. The second-order valence-electron chi connectivity index (χ2n) is 4.23. The molecule has 0 radical (unpaired) electrons. The minimum absolute atomic E-state index is 0.363. The molecule has 0 unspecified atom stereocenters. The average molecular weight is 305 g/mol. The summed E-state index contributed by atoms with van der Waals surface area (Å²) in [5.41, 5.74) is 0. The molecule has 0 amide bonds. The number of ether oxygens (including phenoxy) is 1. The van der Waals surface area contributed by atoms with Gasteiger partial charge in [0, 0.05) is 33.4 Å². The zero-order valence-corrected chi connectivity index (χ0v) is 13.8. The number of unbranched alkanes of at least 4 members (excludes halogenated alkanes) is 1. The number of esters is 1. The van der Waals surface area contributed by atoms with Crippen LogP contribution in [0.2, 0.25) is 6.04 Å². The Balaban J connectivity index is 3.44. The summed E-state index contributed by atoms with van der Waals surface area (Å²) in [5.74, 6) is -0.363. The predicted octanol–water partition coefficient (Wildman–Crippen LogP) is 1.35. The predicted molar refractivity (Wildman–Crippen MR) is 79.5 cm³/mol. The molecule has 0 rings (SSSR count). The highest BCUT2D eigenvalue weighted by Crippen LogP contribution is 2.14. The van der Waals surface area contributed by atoms with Crippen LogP contribution in [0.1, 0.15) is 19.3 Å². The molecule has 1 N–H and O–H groups in total. The van der Waals surface area contributed by atoms with Gasteiger partial charge in [-0.15, -0.1) is 0 Å². The van der Waals surface area contributed by atoms with E-state index in [-0.39, 0.29) is 5.97 Å². The van der Waals surface area contributed by atoms with Gasteiger partial charge in [-0.3, -0.25) is 0 Å². The van der Waals surface area contributed by atoms with Crippen molar-refractivity contribution >= 4 is 14.8 Å². The van der Waals surface area contributed by atoms with E-state index in [9.17, 15) is 4.79 Å². The van der Waals surface area contributed by atoms with Crippen molar-refractivity contribution in [3.05, 3.63) is 12.7 Å². The number of hydrogen-bond donors (Lipinski definition) is 1. The van der Waals surface area contributed by atoms with E-state index in [1.165, 1.54) is 6.08 Å². The lowest BCUT2D eigenvalue weighted by atomic mass is 10.3. The maximum absolute atomic E-state index is 10.8. The summed E-state index contributed by atoms with van der Waals surface area (Å²) in [5, 5.41) is 3.33. The zero-order chi connectivity index (χ0) is 15.3. The van der Waals surface area contributed by atoms with Gasteiger partial charge in [0.05, 0.1) is 6.61 Å². The summed E-state index contributed by atoms with van der Waals surface area (Å²) in [7, 11) is 2.44. The normalized spacial score (nSPS) is 11.3. The minimum atomic E-state index is -2.42. The van der Waals surface area contributed by atoms with E-state index in [1.807, 2.05) is 0 Å². The van der Waals surface area contributed by atoms with E-state index in [2.05, 4.69) is 11.9 Å². The number of carbonyl (C=O) groups excluding carboxylic acids is 1. The highest BCUT2D eigenvalue weighted by molar-refractivity contribution is 6.60. The average Bonchev–Trinajstić information content (AvgIpc) is 2.49. The fourth-order valence-corrected chi connectivity index (χ4v) is 3.42. The van der Waals surface area contributed by atoms with Gasteiger partial charge >= 0.3 is 14.8 Å². The van der Waals surface area contributed by atoms with Crippen molar-refractivity contribution in [1.29, 1.82) is 0 Å². The van der Waals surface area contributed by atoms with Crippen molar-refractivity contribution in [3.63, 3.8) is 0 Å². The van der Waals surface area contributed by atoms with Crippen molar-refractivity contribution in [1.82, 2.24) is 5.32 Å². The number of hydrogen-bond acceptors (Lipinski definition) is 6. The van der Waals surface area contributed by atoms with Gasteiger partial charge < -0.3 is 23.3 Å². The Labute approximate surface area is 122 Å². The molecule has 0 saturated heterocycles. The summed E-state index contributed by atoms with van der Waals surface area (Å²) in [6, 6.07) is 0.792. The molecule has 0 aromatic rings. The molecular weight excluding hydrogens is 278 g/mol. The first-order valence-electron chi connectivity index (χ1n) is 6.79. The third-order valence-corrected chi connectivity index (χ3v) is 5.76. The highest BCUT2D eigenvalue weighted by atomic mass is 28.4. The van der Waals surface area contributed by atoms with Crippen LogP contribution in [0.3, 0.4) is 0 Å². The molecule has 0 bridgehead atoms. The van der Waals surface area contributed by atoms with Crippen molar-refractivity contribution in [2.45, 2.75) is 25.3 Å². The van der Waals surface area contributed by atoms with Crippen LogP contribution in [0.25, 0.3) is 0 Å². The van der Waals surface area contributed by atoms with Crippen molar-refractivity contribution in [2.24, 2.45) is 0 Å². The van der Waals surface area contributed by atoms with Crippen LogP contribution in [-0.4, -0.2) is 55.8 Å². The molecule has 0 aliphatic rings. The van der Waals surface area contributed by atoms with Crippen LogP contribution in [0.5, 0.6) is 0 Å². The summed E-state index contributed by atoms with van der Waals surface area (Å²) in [6.07, 6.45) is 3.92. The first-order chi connectivity index (χ1) is 9.64. The molecule has 7 heteroatoms. The molecule has 6 nitrogen and oxygen atoms in total. The van der Waals surface area contributed by atoms with Gasteiger partial charge in [-0.05, 0) is 32.4 Å². The Morgan fingerprint density at radius 1 is 1.10 bits per heavy atom. The van der Waals surface area contributed by atoms with Gasteiger partial charge in [-0.1, -0.05) is 6.58 Å². The molecule has 0 aromatic carbocycles. The number of rotatable bonds is 13. The highest BCUT2D eigenvalue weighted by Gasteiger charge is 2.36. The van der Waals surface area contributed by atoms with Gasteiger partial charge in [0.2, 0.25) is 0 Å². The van der Waals surface area contributed by atoms with Crippen LogP contribution in [0, 0.1) is 0 Å². The third kappa shape index (κ3) is 8.44. The SMILES string of the molecule is C=CC(=O)OCCCCNCCC[Si](OC)(OC)OC. The standard InChI is InChI=1S/C13H27NO5Si/c1-5-13(15)19-11-7-6-9-14-10-8-12-20(16-2,17-3)18-4/h5,14H,1,6-12H2,2-4H3. The van der Waals surface area contributed by atoms with E-state index >= 15 is 0 Å². The van der Waals surface area contributed by atoms with Crippen LogP contribution in [0.4, 0.5) is 0 Å². The Morgan fingerprint density at radius 2 is 1.70 bits per heavy atom. The molecule has 0 atom stereocenters. The Bertz CT molecular complexity index is 263. The second kappa shape index (κ2) is 12.0. The van der Waals surface area contributed by atoms with Gasteiger partial charge in [0.1, 0.15) is 0 Å². The molecule has 0 fully saturated rings. The van der Waals surface area contributed by atoms with Gasteiger partial charge in [0.25, 0.3) is 0 Å². The molecule has 0 aliphatic heterocycles. The van der Waals surface area contributed by atoms with E-state index in [0.717, 1.165) is 38.4 Å². The van der Waals surface area contributed by atoms with Crippen LogP contribution in [0.15, 0.2) is 12.7 Å². The lowest BCUT2D eigenvalue weighted by Crippen LogP contribution is -2.43. The minimum Gasteiger partial charge on any atom is -0.463 e. The second-order valence-corrected chi connectivity index (χ2v) is 7.32. The smallest absolute Gasteiger partial charge is 0.463 e. The van der Waals surface area contributed by atoms with Crippen LogP contribution in [-0.2, 0) is 22.8 Å².